The summed E-state index contributed by atoms with van der Waals surface area (Å²) in [6, 6.07) is 4.58. The van der Waals surface area contributed by atoms with Crippen molar-refractivity contribution >= 4 is 27.5 Å². The van der Waals surface area contributed by atoms with E-state index in [1.165, 1.54) is 32.9 Å². The Balaban J connectivity index is 3.64. The van der Waals surface area contributed by atoms with E-state index in [-0.39, 0.29) is 4.47 Å². The van der Waals surface area contributed by atoms with Crippen molar-refractivity contribution in [1.29, 1.82) is 5.26 Å². The smallest absolute Gasteiger partial charge is 0.417 e. The molecule has 0 atom stereocenters. The summed E-state index contributed by atoms with van der Waals surface area (Å²) in [5, 5.41) is 19.1. The number of carbonyl (C=O) groups excluding carboxylic acids is 1. The molecule has 0 unspecified atom stereocenters. The van der Waals surface area contributed by atoms with E-state index in [9.17, 15) is 23.1 Å². The van der Waals surface area contributed by atoms with Crippen LogP contribution >= 0.6 is 15.9 Å². The molecule has 1 N–H and O–H groups in total. The molecule has 0 fully saturated rings. The van der Waals surface area contributed by atoms with Crippen LogP contribution in [-0.4, -0.2) is 10.9 Å². The van der Waals surface area contributed by atoms with E-state index in [0.717, 1.165) is 12.1 Å². The van der Waals surface area contributed by atoms with Gasteiger partial charge >= 0.3 is 6.18 Å². The number of rotatable bonds is 2. The van der Waals surface area contributed by atoms with Gasteiger partial charge in [-0.3, -0.25) is 4.79 Å². The minimum atomic E-state index is -4.74. The Morgan fingerprint density at radius 1 is 1.27 bits per heavy atom. The van der Waals surface area contributed by atoms with Crippen molar-refractivity contribution in [3.05, 3.63) is 39.4 Å². The highest BCUT2D eigenvalue weighted by Crippen LogP contribution is 2.37. The highest BCUT2D eigenvalue weighted by molar-refractivity contribution is 9.10. The van der Waals surface area contributed by atoms with Crippen LogP contribution in [0, 0.1) is 16.7 Å². The first-order valence-electron chi connectivity index (χ1n) is 6.15. The zero-order valence-corrected chi connectivity index (χ0v) is 13.6. The van der Waals surface area contributed by atoms with Gasteiger partial charge in [-0.05, 0) is 18.2 Å². The van der Waals surface area contributed by atoms with Gasteiger partial charge in [-0.1, -0.05) is 36.7 Å². The van der Waals surface area contributed by atoms with Gasteiger partial charge in [0.1, 0.15) is 17.4 Å². The molecule has 118 valence electrons. The lowest BCUT2D eigenvalue weighted by Gasteiger charge is -2.18. The highest BCUT2D eigenvalue weighted by Gasteiger charge is 2.36. The molecule has 0 spiro atoms. The summed E-state index contributed by atoms with van der Waals surface area (Å²) in [6.07, 6.45) is -4.74. The molecule has 0 amide bonds. The second-order valence-corrected chi connectivity index (χ2v) is 6.52. The minimum Gasteiger partial charge on any atom is -0.506 e. The van der Waals surface area contributed by atoms with Crippen molar-refractivity contribution in [2.45, 2.75) is 26.9 Å². The van der Waals surface area contributed by atoms with Crippen LogP contribution in [-0.2, 0) is 11.0 Å². The lowest BCUT2D eigenvalue weighted by Crippen LogP contribution is -2.23. The van der Waals surface area contributed by atoms with Crippen molar-refractivity contribution < 1.29 is 23.1 Å². The first-order chi connectivity index (χ1) is 9.89. The number of halogens is 4. The molecular weight excluding hydrogens is 363 g/mol. The molecule has 1 aromatic carbocycles. The van der Waals surface area contributed by atoms with Gasteiger partial charge in [0.15, 0.2) is 5.78 Å². The fraction of sp³-hybridized carbons (Fsp3) is 0.333. The Morgan fingerprint density at radius 3 is 2.23 bits per heavy atom. The first-order valence-corrected chi connectivity index (χ1v) is 6.94. The van der Waals surface area contributed by atoms with Gasteiger partial charge in [-0.2, -0.15) is 18.4 Å². The summed E-state index contributed by atoms with van der Waals surface area (Å²) in [5.41, 5.74) is -3.44. The van der Waals surface area contributed by atoms with Crippen molar-refractivity contribution in [1.82, 2.24) is 0 Å². The summed E-state index contributed by atoms with van der Waals surface area (Å²) in [4.78, 5) is 12.1. The third kappa shape index (κ3) is 3.89. The fourth-order valence-corrected chi connectivity index (χ4v) is 2.04. The van der Waals surface area contributed by atoms with Gasteiger partial charge in [-0.25, -0.2) is 0 Å². The van der Waals surface area contributed by atoms with E-state index >= 15 is 0 Å². The number of Topliss-reactive ketones (excluding diaryl/α,β-unsaturated/α-hetero) is 1. The number of hydrogen-bond acceptors (Lipinski definition) is 3. The summed E-state index contributed by atoms with van der Waals surface area (Å²) >= 11 is 2.92. The van der Waals surface area contributed by atoms with Crippen molar-refractivity contribution in [3.8, 4) is 6.07 Å². The molecule has 0 saturated heterocycles. The highest BCUT2D eigenvalue weighted by atomic mass is 79.9. The molecule has 0 aliphatic carbocycles. The lowest BCUT2D eigenvalue weighted by atomic mass is 9.85. The fourth-order valence-electron chi connectivity index (χ4n) is 1.68. The Labute approximate surface area is 134 Å². The van der Waals surface area contributed by atoms with E-state index in [2.05, 4.69) is 15.9 Å². The summed E-state index contributed by atoms with van der Waals surface area (Å²) in [5.74, 6) is -1.70. The number of nitriles is 1. The minimum absolute atomic E-state index is 0.164. The monoisotopic (exact) mass is 375 g/mol. The third-order valence-electron chi connectivity index (χ3n) is 2.80. The van der Waals surface area contributed by atoms with Crippen molar-refractivity contribution in [2.24, 2.45) is 5.41 Å². The first kappa shape index (κ1) is 18.2. The summed E-state index contributed by atoms with van der Waals surface area (Å²) in [7, 11) is 0. The molecule has 0 heterocycles. The molecule has 0 bridgehead atoms. The molecule has 0 aliphatic rings. The van der Waals surface area contributed by atoms with Gasteiger partial charge in [0.25, 0.3) is 0 Å². The normalized spacial score (nSPS) is 13.4. The predicted molar refractivity (Wildman–Crippen MR) is 78.8 cm³/mol. The number of ketones is 1. The number of carbonyl (C=O) groups is 1. The average molecular weight is 376 g/mol. The van der Waals surface area contributed by atoms with Crippen LogP contribution in [0.5, 0.6) is 0 Å². The largest absolute Gasteiger partial charge is 0.506 e. The van der Waals surface area contributed by atoms with Crippen molar-refractivity contribution in [2.75, 3.05) is 0 Å². The van der Waals surface area contributed by atoms with E-state index < -0.39 is 39.8 Å². The molecule has 0 saturated carbocycles. The third-order valence-corrected chi connectivity index (χ3v) is 3.29. The number of benzene rings is 1. The number of aliphatic hydroxyl groups excluding tert-OH is 1. The second kappa shape index (κ2) is 6.13. The van der Waals surface area contributed by atoms with Crippen LogP contribution < -0.4 is 0 Å². The van der Waals surface area contributed by atoms with E-state index in [4.69, 9.17) is 5.26 Å². The van der Waals surface area contributed by atoms with Crippen LogP contribution in [0.1, 0.15) is 31.9 Å². The zero-order chi connectivity index (χ0) is 17.3. The number of alkyl halides is 3. The quantitative estimate of drug-likeness (QED) is 0.455. The molecule has 0 aliphatic heterocycles. The predicted octanol–water partition coefficient (Wildman–Crippen LogP) is 4.88. The van der Waals surface area contributed by atoms with Gasteiger partial charge < -0.3 is 5.11 Å². The summed E-state index contributed by atoms with van der Waals surface area (Å²) < 4.78 is 39.4. The molecule has 22 heavy (non-hydrogen) atoms. The Hall–Kier alpha value is -1.81. The number of nitrogens with zero attached hydrogens (tertiary/aromatic N) is 1. The summed E-state index contributed by atoms with van der Waals surface area (Å²) in [6.45, 7) is 4.52. The molecule has 0 radical (unpaired) electrons. The molecule has 3 nitrogen and oxygen atoms in total. The van der Waals surface area contributed by atoms with Gasteiger partial charge in [-0.15, -0.1) is 0 Å². The van der Waals surface area contributed by atoms with Crippen LogP contribution in [0.15, 0.2) is 28.2 Å². The topological polar surface area (TPSA) is 61.1 Å². The Bertz CT molecular complexity index is 679. The molecule has 1 rings (SSSR count). The average Bonchev–Trinajstić information content (AvgIpc) is 2.37. The van der Waals surface area contributed by atoms with Crippen LogP contribution in [0.3, 0.4) is 0 Å². The second-order valence-electron chi connectivity index (χ2n) is 5.60. The maximum absolute atomic E-state index is 13.1. The van der Waals surface area contributed by atoms with Gasteiger partial charge in [0.2, 0.25) is 0 Å². The maximum atomic E-state index is 13.1. The number of hydrogen-bond donors (Lipinski definition) is 1. The number of allylic oxidation sites excluding steroid dienone is 1. The standard InChI is InChI=1S/C15H13BrF3NO2/c1-14(2,3)13(22)10(7-20)12(21)9-5-4-8(16)6-11(9)15(17,18)19/h4-6,21H,1-3H3. The van der Waals surface area contributed by atoms with Crippen LogP contribution in [0.4, 0.5) is 13.2 Å². The van der Waals surface area contributed by atoms with E-state index in [1.807, 2.05) is 0 Å². The van der Waals surface area contributed by atoms with Crippen LogP contribution in [0.25, 0.3) is 5.76 Å². The Kier molecular flexibility index (Phi) is 5.08. The maximum Gasteiger partial charge on any atom is 0.417 e. The molecular formula is C15H13BrF3NO2. The molecule has 7 heteroatoms. The lowest BCUT2D eigenvalue weighted by molar-refractivity contribution is -0.138. The van der Waals surface area contributed by atoms with Gasteiger partial charge in [0, 0.05) is 15.5 Å². The molecule has 0 aromatic heterocycles. The zero-order valence-electron chi connectivity index (χ0n) is 12.0. The van der Waals surface area contributed by atoms with E-state index in [1.54, 1.807) is 0 Å². The van der Waals surface area contributed by atoms with E-state index in [0.29, 0.717) is 0 Å². The SMILES string of the molecule is CC(C)(C)C(=O)C(C#N)=C(O)c1ccc(Br)cc1C(F)(F)F. The van der Waals surface area contributed by atoms with Crippen molar-refractivity contribution in [3.63, 3.8) is 0 Å². The molecule has 1 aromatic rings. The Morgan fingerprint density at radius 2 is 1.82 bits per heavy atom. The van der Waals surface area contributed by atoms with Gasteiger partial charge in [0.05, 0.1) is 5.56 Å². The van der Waals surface area contributed by atoms with Crippen LogP contribution in [0.2, 0.25) is 0 Å². The number of aliphatic hydroxyl groups is 1.